The third-order valence-electron chi connectivity index (χ3n) is 8.67. The van der Waals surface area contributed by atoms with Gasteiger partial charge in [-0.3, -0.25) is 0 Å². The summed E-state index contributed by atoms with van der Waals surface area (Å²) < 4.78 is 8.90. The Balaban J connectivity index is 0.00000147. The molecule has 0 amide bonds. The monoisotopic (exact) mass is 611 g/mol. The van der Waals surface area contributed by atoms with Crippen LogP contribution in [-0.4, -0.2) is 4.21 Å². The number of hydrogen-bond donors (Lipinski definition) is 0. The maximum atomic E-state index is 5.30. The molecule has 0 bridgehead atoms. The molecule has 0 saturated heterocycles. The van der Waals surface area contributed by atoms with E-state index in [2.05, 4.69) is 122 Å². The van der Waals surface area contributed by atoms with Crippen LogP contribution in [0.1, 0.15) is 33.7 Å². The van der Waals surface area contributed by atoms with Crippen LogP contribution in [0.5, 0.6) is 0 Å². The molecule has 2 aliphatic carbocycles. The molecule has 38 heavy (non-hydrogen) atoms. The molecule has 0 aromatic heterocycles. The summed E-state index contributed by atoms with van der Waals surface area (Å²) in [5, 5.41) is 5.63. The van der Waals surface area contributed by atoms with Crippen molar-refractivity contribution in [2.45, 2.75) is 23.4 Å². The van der Waals surface area contributed by atoms with E-state index in [1.807, 2.05) is 0 Å². The number of hydrogen-bond acceptors (Lipinski definition) is 0. The Morgan fingerprint density at radius 2 is 1.42 bits per heavy atom. The van der Waals surface area contributed by atoms with Gasteiger partial charge < -0.3 is 0 Å². The second-order valence-electron chi connectivity index (χ2n) is 10.4. The van der Waals surface area contributed by atoms with Crippen molar-refractivity contribution in [1.82, 2.24) is 0 Å². The van der Waals surface area contributed by atoms with Gasteiger partial charge in [0.15, 0.2) is 0 Å². The molecule has 0 N–H and O–H groups in total. The van der Waals surface area contributed by atoms with E-state index >= 15 is 0 Å². The predicted molar refractivity (Wildman–Crippen MR) is 168 cm³/mol. The van der Waals surface area contributed by atoms with Gasteiger partial charge >= 0.3 is 219 Å². The van der Waals surface area contributed by atoms with Crippen LogP contribution >= 0.6 is 24.8 Å². The van der Waals surface area contributed by atoms with Gasteiger partial charge in [0.2, 0.25) is 0 Å². The number of rotatable bonds is 4. The van der Waals surface area contributed by atoms with Crippen LogP contribution in [0.2, 0.25) is 0 Å². The third kappa shape index (κ3) is 3.94. The Morgan fingerprint density at radius 1 is 0.737 bits per heavy atom. The Bertz CT molecular complexity index is 1780. The SMILES string of the molecule is Cl.Cl.[CH2]=[Zr]([C]1=CC=CC1)([c]1cccc2c1c1c(c3ccccc32)-c2ccccc2C1)[CH](C)c1ccccc1. The summed E-state index contributed by atoms with van der Waals surface area (Å²) in [6.07, 6.45) is 9.03. The number of benzene rings is 5. The molecule has 0 heterocycles. The van der Waals surface area contributed by atoms with Crippen molar-refractivity contribution in [1.29, 1.82) is 0 Å². The Morgan fingerprint density at radius 3 is 2.18 bits per heavy atom. The van der Waals surface area contributed by atoms with Gasteiger partial charge in [0.05, 0.1) is 0 Å². The quantitative estimate of drug-likeness (QED) is 0.174. The van der Waals surface area contributed by atoms with Crippen molar-refractivity contribution in [2.75, 3.05) is 0 Å². The molecule has 0 saturated carbocycles. The van der Waals surface area contributed by atoms with E-state index in [4.69, 9.17) is 4.21 Å². The third-order valence-corrected chi connectivity index (χ3v) is 20.2. The average Bonchev–Trinajstić information content (AvgIpc) is 3.62. The second-order valence-corrected chi connectivity index (χ2v) is 20.2. The summed E-state index contributed by atoms with van der Waals surface area (Å²) in [5.74, 6) is 0. The molecule has 2 atom stereocenters. The minimum atomic E-state index is -3.41. The van der Waals surface area contributed by atoms with Crippen molar-refractivity contribution in [3.63, 3.8) is 0 Å². The second kappa shape index (κ2) is 10.5. The molecule has 0 nitrogen and oxygen atoms in total. The van der Waals surface area contributed by atoms with Gasteiger partial charge in [-0.15, -0.1) is 24.8 Å². The van der Waals surface area contributed by atoms with Crippen molar-refractivity contribution in [2.24, 2.45) is 0 Å². The molecular formula is C35H31Cl2Zr. The summed E-state index contributed by atoms with van der Waals surface area (Å²) in [6, 6.07) is 36.3. The van der Waals surface area contributed by atoms with Gasteiger partial charge in [-0.2, -0.15) is 0 Å². The van der Waals surface area contributed by atoms with Crippen LogP contribution in [-0.2, 0) is 26.2 Å². The molecule has 0 fully saturated rings. The van der Waals surface area contributed by atoms with Gasteiger partial charge in [-0.1, -0.05) is 0 Å². The van der Waals surface area contributed by atoms with Gasteiger partial charge in [0.25, 0.3) is 0 Å². The van der Waals surface area contributed by atoms with E-state index in [1.165, 1.54) is 49.4 Å². The van der Waals surface area contributed by atoms with Crippen LogP contribution in [0.3, 0.4) is 0 Å². The summed E-state index contributed by atoms with van der Waals surface area (Å²) in [7, 11) is 0. The number of halogens is 2. The van der Waals surface area contributed by atoms with Crippen molar-refractivity contribution < 1.29 is 19.8 Å². The molecule has 3 heteroatoms. The van der Waals surface area contributed by atoms with E-state index in [9.17, 15) is 0 Å². The maximum absolute atomic E-state index is 5.30. The van der Waals surface area contributed by atoms with E-state index in [-0.39, 0.29) is 24.8 Å². The summed E-state index contributed by atoms with van der Waals surface area (Å²) in [6.45, 7) is 2.45. The Labute approximate surface area is 241 Å². The fraction of sp³-hybridized carbons (Fsp3) is 0.114. The van der Waals surface area contributed by atoms with Crippen molar-refractivity contribution in [3.05, 3.63) is 135 Å². The zero-order chi connectivity index (χ0) is 24.3. The normalized spacial score (nSPS) is 15.7. The predicted octanol–water partition coefficient (Wildman–Crippen LogP) is 9.22. The molecule has 189 valence electrons. The summed E-state index contributed by atoms with van der Waals surface area (Å²) in [5.41, 5.74) is 7.23. The van der Waals surface area contributed by atoms with Crippen molar-refractivity contribution in [3.8, 4) is 11.1 Å². The van der Waals surface area contributed by atoms with Gasteiger partial charge in [0.1, 0.15) is 0 Å². The first-order valence-electron chi connectivity index (χ1n) is 13.0. The molecule has 2 aliphatic rings. The first-order valence-corrected chi connectivity index (χ1v) is 18.6. The average molecular weight is 614 g/mol. The van der Waals surface area contributed by atoms with Crippen LogP contribution in [0, 0.1) is 0 Å². The van der Waals surface area contributed by atoms with E-state index in [0.717, 1.165) is 12.8 Å². The molecule has 5 aromatic carbocycles. The van der Waals surface area contributed by atoms with Gasteiger partial charge in [0, 0.05) is 0 Å². The molecule has 2 unspecified atom stereocenters. The van der Waals surface area contributed by atoms with Crippen LogP contribution in [0.25, 0.3) is 32.7 Å². The molecule has 7 rings (SSSR count). The van der Waals surface area contributed by atoms with Crippen LogP contribution in [0.4, 0.5) is 0 Å². The molecule has 0 radical (unpaired) electrons. The van der Waals surface area contributed by atoms with E-state index < -0.39 is 19.8 Å². The fourth-order valence-corrected chi connectivity index (χ4v) is 16.9. The zero-order valence-electron chi connectivity index (χ0n) is 21.5. The summed E-state index contributed by atoms with van der Waals surface area (Å²) in [4.78, 5) is 0. The minimum absolute atomic E-state index is 0. The van der Waals surface area contributed by atoms with Crippen molar-refractivity contribution >= 4 is 53.8 Å². The molecule has 0 aliphatic heterocycles. The first kappa shape index (κ1) is 27.0. The van der Waals surface area contributed by atoms with Gasteiger partial charge in [-0.05, 0) is 0 Å². The van der Waals surface area contributed by atoms with Gasteiger partial charge in [-0.25, -0.2) is 0 Å². The molecular weight excluding hydrogens is 583 g/mol. The number of fused-ring (bicyclic) bond motifs is 8. The van der Waals surface area contributed by atoms with Crippen LogP contribution < -0.4 is 3.27 Å². The topological polar surface area (TPSA) is 0 Å². The number of allylic oxidation sites excluding steroid dienone is 4. The van der Waals surface area contributed by atoms with Crippen LogP contribution in [0.15, 0.2) is 119 Å². The first-order chi connectivity index (χ1) is 17.7. The summed E-state index contributed by atoms with van der Waals surface area (Å²) >= 11 is -3.41. The fourth-order valence-electron chi connectivity index (χ4n) is 6.78. The Hall–Kier alpha value is -2.57. The zero-order valence-corrected chi connectivity index (χ0v) is 25.6. The molecule has 0 spiro atoms. The van der Waals surface area contributed by atoms with E-state index in [1.54, 1.807) is 6.55 Å². The Kier molecular flexibility index (Phi) is 7.49. The molecule has 5 aromatic rings. The van der Waals surface area contributed by atoms with E-state index in [0.29, 0.717) is 3.63 Å². The standard InChI is InChI=1S/C21H13.C8H9.C5H5.CH2.2ClH.Zr/c1-2-8-15-14(7-1)13-20-18-11-4-3-9-16(18)17-10-5-6-12-19(17)21(15)20;1-2-8-6-4-3-5-7-8;1-2-4-5-3-1;;;;/h1-10,12H,13H2;2-7H,1H3;1-3H,4H2;1H2;2*1H;.